The number of carbonyl (C=O) groups is 1. The van der Waals surface area contributed by atoms with Crippen LogP contribution in [-0.2, 0) is 4.79 Å². The van der Waals surface area contributed by atoms with Crippen molar-refractivity contribution in [3.8, 4) is 0 Å². The van der Waals surface area contributed by atoms with Gasteiger partial charge in [0.2, 0.25) is 5.91 Å². The van der Waals surface area contributed by atoms with Crippen molar-refractivity contribution in [2.24, 2.45) is 0 Å². The predicted octanol–water partition coefficient (Wildman–Crippen LogP) is 5.01. The third-order valence-electron chi connectivity index (χ3n) is 2.91. The second kappa shape index (κ2) is 7.03. The molecule has 0 atom stereocenters. The molecule has 2 rings (SSSR count). The summed E-state index contributed by atoms with van der Waals surface area (Å²) in [6.45, 7) is 2.02. The summed E-state index contributed by atoms with van der Waals surface area (Å²) in [6.07, 6.45) is 0. The van der Waals surface area contributed by atoms with Gasteiger partial charge in [-0.1, -0.05) is 40.9 Å². The number of benzene rings is 2. The fourth-order valence-corrected chi connectivity index (χ4v) is 2.23. The van der Waals surface area contributed by atoms with Crippen LogP contribution < -0.4 is 10.6 Å². The summed E-state index contributed by atoms with van der Waals surface area (Å²) in [5, 5.41) is 7.28. The molecule has 1 amide bonds. The minimum absolute atomic E-state index is 0.126. The SMILES string of the molecule is Cc1c(Cl)cccc1NCC(=O)Nc1ccc(Cl)c(Cl)c1. The van der Waals surface area contributed by atoms with Crippen molar-refractivity contribution in [1.29, 1.82) is 0 Å². The van der Waals surface area contributed by atoms with E-state index in [-0.39, 0.29) is 12.5 Å². The Morgan fingerprint density at radius 2 is 1.81 bits per heavy atom. The predicted molar refractivity (Wildman–Crippen MR) is 89.8 cm³/mol. The Kier molecular flexibility index (Phi) is 5.34. The van der Waals surface area contributed by atoms with Crippen molar-refractivity contribution < 1.29 is 4.79 Å². The highest BCUT2D eigenvalue weighted by Crippen LogP contribution is 2.25. The van der Waals surface area contributed by atoms with Crippen molar-refractivity contribution in [2.45, 2.75) is 6.92 Å². The van der Waals surface area contributed by atoms with Gasteiger partial charge in [-0.05, 0) is 42.8 Å². The molecule has 0 aromatic heterocycles. The van der Waals surface area contributed by atoms with Gasteiger partial charge in [-0.25, -0.2) is 0 Å². The lowest BCUT2D eigenvalue weighted by atomic mass is 10.2. The molecule has 0 saturated carbocycles. The molecule has 2 N–H and O–H groups in total. The quantitative estimate of drug-likeness (QED) is 0.819. The molecule has 110 valence electrons. The Hall–Kier alpha value is -1.42. The van der Waals surface area contributed by atoms with Crippen LogP contribution in [-0.4, -0.2) is 12.5 Å². The third-order valence-corrected chi connectivity index (χ3v) is 4.06. The van der Waals surface area contributed by atoms with E-state index < -0.39 is 0 Å². The maximum Gasteiger partial charge on any atom is 0.243 e. The first-order chi connectivity index (χ1) is 9.97. The molecule has 6 heteroatoms. The third kappa shape index (κ3) is 4.27. The fraction of sp³-hybridized carbons (Fsp3) is 0.133. The minimum Gasteiger partial charge on any atom is -0.376 e. The molecule has 0 unspecified atom stereocenters. The van der Waals surface area contributed by atoms with Crippen LogP contribution in [0.3, 0.4) is 0 Å². The minimum atomic E-state index is -0.187. The Balaban J connectivity index is 1.96. The van der Waals surface area contributed by atoms with E-state index in [1.807, 2.05) is 19.1 Å². The van der Waals surface area contributed by atoms with Gasteiger partial charge >= 0.3 is 0 Å². The summed E-state index contributed by atoms with van der Waals surface area (Å²) in [6, 6.07) is 10.4. The van der Waals surface area contributed by atoms with Crippen LogP contribution in [0.1, 0.15) is 5.56 Å². The smallest absolute Gasteiger partial charge is 0.243 e. The summed E-state index contributed by atoms with van der Waals surface area (Å²) in [5.41, 5.74) is 2.33. The van der Waals surface area contributed by atoms with Gasteiger partial charge in [0.1, 0.15) is 0 Å². The molecular weight excluding hydrogens is 331 g/mol. The zero-order valence-electron chi connectivity index (χ0n) is 11.2. The van der Waals surface area contributed by atoms with E-state index in [1.54, 1.807) is 24.3 Å². The molecule has 0 heterocycles. The zero-order valence-corrected chi connectivity index (χ0v) is 13.5. The second-order valence-corrected chi connectivity index (χ2v) is 5.66. The first-order valence-electron chi connectivity index (χ1n) is 6.21. The number of anilines is 2. The average Bonchev–Trinajstić information content (AvgIpc) is 2.44. The van der Waals surface area contributed by atoms with Crippen LogP contribution in [0, 0.1) is 6.92 Å². The molecule has 2 aromatic carbocycles. The second-order valence-electron chi connectivity index (χ2n) is 4.44. The number of halogens is 3. The number of hydrogen-bond acceptors (Lipinski definition) is 2. The van der Waals surface area contributed by atoms with E-state index >= 15 is 0 Å². The highest BCUT2D eigenvalue weighted by atomic mass is 35.5. The van der Waals surface area contributed by atoms with Crippen LogP contribution in [0.5, 0.6) is 0 Å². The first-order valence-corrected chi connectivity index (χ1v) is 7.34. The lowest BCUT2D eigenvalue weighted by Crippen LogP contribution is -2.22. The normalized spacial score (nSPS) is 10.3. The Labute approximate surface area is 138 Å². The van der Waals surface area contributed by atoms with Crippen LogP contribution in [0.15, 0.2) is 36.4 Å². The van der Waals surface area contributed by atoms with Crippen LogP contribution in [0.2, 0.25) is 15.1 Å². The summed E-state index contributed by atoms with van der Waals surface area (Å²) in [5.74, 6) is -0.187. The number of nitrogens with one attached hydrogen (secondary N) is 2. The van der Waals surface area contributed by atoms with E-state index in [4.69, 9.17) is 34.8 Å². The molecule has 0 bridgehead atoms. The van der Waals surface area contributed by atoms with Crippen LogP contribution >= 0.6 is 34.8 Å². The average molecular weight is 344 g/mol. The molecule has 2 aromatic rings. The largest absolute Gasteiger partial charge is 0.376 e. The van der Waals surface area contributed by atoms with Crippen molar-refractivity contribution in [1.82, 2.24) is 0 Å². The molecule has 0 spiro atoms. The molecule has 21 heavy (non-hydrogen) atoms. The van der Waals surface area contributed by atoms with Gasteiger partial charge in [0.25, 0.3) is 0 Å². The highest BCUT2D eigenvalue weighted by molar-refractivity contribution is 6.42. The molecule has 0 radical (unpaired) electrons. The Bertz CT molecular complexity index is 674. The first kappa shape index (κ1) is 16.0. The number of carbonyl (C=O) groups excluding carboxylic acids is 1. The molecular formula is C15H13Cl3N2O. The molecule has 3 nitrogen and oxygen atoms in total. The highest BCUT2D eigenvalue weighted by Gasteiger charge is 2.06. The number of hydrogen-bond donors (Lipinski definition) is 2. The summed E-state index contributed by atoms with van der Waals surface area (Å²) in [7, 11) is 0. The number of amides is 1. The Morgan fingerprint density at radius 1 is 1.05 bits per heavy atom. The Morgan fingerprint density at radius 3 is 2.52 bits per heavy atom. The summed E-state index contributed by atoms with van der Waals surface area (Å²) in [4.78, 5) is 11.9. The van der Waals surface area contributed by atoms with Gasteiger partial charge in [-0.2, -0.15) is 0 Å². The maximum absolute atomic E-state index is 11.9. The molecule has 0 aliphatic carbocycles. The fourth-order valence-electron chi connectivity index (χ4n) is 1.75. The lowest BCUT2D eigenvalue weighted by Gasteiger charge is -2.11. The molecule has 0 fully saturated rings. The van der Waals surface area contributed by atoms with E-state index in [0.29, 0.717) is 20.8 Å². The number of rotatable bonds is 4. The topological polar surface area (TPSA) is 41.1 Å². The van der Waals surface area contributed by atoms with Gasteiger partial charge in [0.05, 0.1) is 16.6 Å². The van der Waals surface area contributed by atoms with Crippen molar-refractivity contribution in [3.05, 3.63) is 57.0 Å². The standard InChI is InChI=1S/C15H13Cl3N2O/c1-9-11(16)3-2-4-14(9)19-8-15(21)20-10-5-6-12(17)13(18)7-10/h2-7,19H,8H2,1H3,(H,20,21). The van der Waals surface area contributed by atoms with Crippen LogP contribution in [0.4, 0.5) is 11.4 Å². The van der Waals surface area contributed by atoms with E-state index in [1.165, 1.54) is 0 Å². The summed E-state index contributed by atoms with van der Waals surface area (Å²) >= 11 is 17.7. The lowest BCUT2D eigenvalue weighted by molar-refractivity contribution is -0.114. The van der Waals surface area contributed by atoms with Gasteiger partial charge in [-0.15, -0.1) is 0 Å². The van der Waals surface area contributed by atoms with Gasteiger partial charge < -0.3 is 10.6 Å². The van der Waals surface area contributed by atoms with E-state index in [0.717, 1.165) is 11.3 Å². The monoisotopic (exact) mass is 342 g/mol. The van der Waals surface area contributed by atoms with Crippen molar-refractivity contribution in [3.63, 3.8) is 0 Å². The van der Waals surface area contributed by atoms with Crippen molar-refractivity contribution in [2.75, 3.05) is 17.2 Å². The van der Waals surface area contributed by atoms with Gasteiger partial charge in [0.15, 0.2) is 0 Å². The van der Waals surface area contributed by atoms with Crippen molar-refractivity contribution >= 4 is 52.1 Å². The van der Waals surface area contributed by atoms with E-state index in [2.05, 4.69) is 10.6 Å². The molecule has 0 aliphatic heterocycles. The summed E-state index contributed by atoms with van der Waals surface area (Å²) < 4.78 is 0. The maximum atomic E-state index is 11.9. The van der Waals surface area contributed by atoms with Gasteiger partial charge in [-0.3, -0.25) is 4.79 Å². The van der Waals surface area contributed by atoms with E-state index in [9.17, 15) is 4.79 Å². The zero-order chi connectivity index (χ0) is 15.4. The molecule has 0 saturated heterocycles. The molecule has 0 aliphatic rings. The van der Waals surface area contributed by atoms with Gasteiger partial charge in [0, 0.05) is 16.4 Å². The van der Waals surface area contributed by atoms with Crippen LogP contribution in [0.25, 0.3) is 0 Å².